The first-order valence-electron chi connectivity index (χ1n) is 9.04. The average molecular weight is 449 g/mol. The smallest absolute Gasteiger partial charge is 0.408 e. The summed E-state index contributed by atoms with van der Waals surface area (Å²) in [4.78, 5) is 12.0. The van der Waals surface area contributed by atoms with Gasteiger partial charge in [-0.05, 0) is 50.3 Å². The van der Waals surface area contributed by atoms with E-state index in [2.05, 4.69) is 11.9 Å². The summed E-state index contributed by atoms with van der Waals surface area (Å²) in [6.45, 7) is 7.20. The van der Waals surface area contributed by atoms with E-state index in [1.165, 1.54) is 19.2 Å². The number of benzene rings is 2. The van der Waals surface area contributed by atoms with Gasteiger partial charge in [-0.25, -0.2) is 17.5 Å². The number of sulfonamides is 1. The Balaban J connectivity index is 1.89. The molecule has 0 bridgehead atoms. The zero-order chi connectivity index (χ0) is 22.3. The number of carbonyl (C=O) groups is 1. The van der Waals surface area contributed by atoms with Gasteiger partial charge in [0, 0.05) is 7.05 Å². The molecule has 1 N–H and O–H groups in total. The molecule has 0 fully saturated rings. The number of nitrogens with zero attached hydrogens (tertiary/aromatic N) is 1. The molecule has 0 saturated heterocycles. The lowest BCUT2D eigenvalue weighted by atomic mass is 10.2. The second-order valence-electron chi connectivity index (χ2n) is 6.53. The largest absolute Gasteiger partial charge is 0.445 e. The topological polar surface area (TPSA) is 84.9 Å². The van der Waals surface area contributed by atoms with Crippen molar-refractivity contribution in [3.05, 3.63) is 78.2 Å². The second kappa shape index (κ2) is 10.2. The molecule has 1 atom stereocenters. The number of hydrogen-bond donors (Lipinski definition) is 1. The molecule has 1 amide bonds. The number of carbonyl (C=O) groups excluding carboxylic acids is 1. The quantitative estimate of drug-likeness (QED) is 0.489. The standard InChI is InChI=1S/C21H24N2O5S2/c1-15-10-12-19(13-11-15)30(25,26)23(4)17(3)28-20(29)16(2)22-21(24)27-14-18-8-6-5-7-9-18/h5-13,16H,3,14H2,1-2,4H3,(H,22,24). The lowest BCUT2D eigenvalue weighted by Gasteiger charge is -2.23. The summed E-state index contributed by atoms with van der Waals surface area (Å²) in [5, 5.41) is 2.48. The minimum atomic E-state index is -3.85. The molecule has 0 heterocycles. The highest BCUT2D eigenvalue weighted by molar-refractivity contribution is 7.89. The van der Waals surface area contributed by atoms with E-state index in [9.17, 15) is 13.2 Å². The number of hydrogen-bond acceptors (Lipinski definition) is 6. The minimum absolute atomic E-state index is 0.0531. The van der Waals surface area contributed by atoms with Gasteiger partial charge in [0.05, 0.1) is 10.9 Å². The van der Waals surface area contributed by atoms with E-state index in [4.69, 9.17) is 21.7 Å². The van der Waals surface area contributed by atoms with Gasteiger partial charge in [-0.15, -0.1) is 0 Å². The molecule has 0 saturated carbocycles. The van der Waals surface area contributed by atoms with E-state index in [0.29, 0.717) is 0 Å². The molecule has 0 aliphatic heterocycles. The maximum Gasteiger partial charge on any atom is 0.408 e. The summed E-state index contributed by atoms with van der Waals surface area (Å²) < 4.78 is 36.8. The molecular formula is C21H24N2O5S2. The van der Waals surface area contributed by atoms with Gasteiger partial charge < -0.3 is 14.8 Å². The Morgan fingerprint density at radius 2 is 1.77 bits per heavy atom. The molecule has 2 aromatic carbocycles. The van der Waals surface area contributed by atoms with Crippen molar-refractivity contribution in [3.8, 4) is 0 Å². The lowest BCUT2D eigenvalue weighted by Crippen LogP contribution is -2.40. The minimum Gasteiger partial charge on any atom is -0.445 e. The zero-order valence-electron chi connectivity index (χ0n) is 17.0. The number of thiocarbonyl (C=S) groups is 1. The van der Waals surface area contributed by atoms with Crippen LogP contribution >= 0.6 is 12.2 Å². The Labute approximate surface area is 182 Å². The van der Waals surface area contributed by atoms with Crippen LogP contribution in [-0.4, -0.2) is 37.0 Å². The molecular weight excluding hydrogens is 424 g/mol. The van der Waals surface area contributed by atoms with Crippen LogP contribution in [0.2, 0.25) is 0 Å². The van der Waals surface area contributed by atoms with Crippen LogP contribution in [0.1, 0.15) is 18.1 Å². The van der Waals surface area contributed by atoms with Gasteiger partial charge in [0.25, 0.3) is 10.0 Å². The maximum atomic E-state index is 12.7. The molecule has 1 unspecified atom stereocenters. The molecule has 2 aromatic rings. The molecule has 2 rings (SSSR count). The van der Waals surface area contributed by atoms with Crippen LogP contribution in [0.4, 0.5) is 4.79 Å². The van der Waals surface area contributed by atoms with Crippen molar-refractivity contribution in [2.45, 2.75) is 31.4 Å². The third-order valence-corrected chi connectivity index (χ3v) is 6.38. The summed E-state index contributed by atoms with van der Waals surface area (Å²) in [6.07, 6.45) is -0.677. The third kappa shape index (κ3) is 6.30. The van der Waals surface area contributed by atoms with Gasteiger partial charge in [-0.1, -0.05) is 48.0 Å². The van der Waals surface area contributed by atoms with Crippen LogP contribution in [0.25, 0.3) is 0 Å². The van der Waals surface area contributed by atoms with Crippen molar-refractivity contribution in [2.24, 2.45) is 0 Å². The predicted molar refractivity (Wildman–Crippen MR) is 118 cm³/mol. The molecule has 0 spiro atoms. The first-order valence-corrected chi connectivity index (χ1v) is 10.9. The Hall–Kier alpha value is -2.91. The lowest BCUT2D eigenvalue weighted by molar-refractivity contribution is 0.137. The highest BCUT2D eigenvalue weighted by Gasteiger charge is 2.25. The van der Waals surface area contributed by atoms with Gasteiger partial charge in [-0.3, -0.25) is 0 Å². The van der Waals surface area contributed by atoms with Gasteiger partial charge >= 0.3 is 6.09 Å². The predicted octanol–water partition coefficient (Wildman–Crippen LogP) is 3.75. The molecule has 7 nitrogen and oxygen atoms in total. The molecule has 160 valence electrons. The summed E-state index contributed by atoms with van der Waals surface area (Å²) in [5.41, 5.74) is 1.78. The highest BCUT2D eigenvalue weighted by Crippen LogP contribution is 2.19. The van der Waals surface area contributed by atoms with Crippen molar-refractivity contribution < 1.29 is 22.7 Å². The van der Waals surface area contributed by atoms with Gasteiger partial charge in [0.1, 0.15) is 6.61 Å². The number of nitrogens with one attached hydrogen (secondary N) is 1. The summed E-state index contributed by atoms with van der Waals surface area (Å²) in [5.74, 6) is -0.188. The third-order valence-electron chi connectivity index (χ3n) is 4.15. The van der Waals surface area contributed by atoms with E-state index >= 15 is 0 Å². The number of amides is 1. The highest BCUT2D eigenvalue weighted by atomic mass is 32.2. The van der Waals surface area contributed by atoms with E-state index < -0.39 is 22.2 Å². The molecule has 30 heavy (non-hydrogen) atoms. The van der Waals surface area contributed by atoms with Crippen LogP contribution < -0.4 is 5.32 Å². The maximum absolute atomic E-state index is 12.7. The van der Waals surface area contributed by atoms with Crippen molar-refractivity contribution in [3.63, 3.8) is 0 Å². The Morgan fingerprint density at radius 3 is 2.37 bits per heavy atom. The van der Waals surface area contributed by atoms with Gasteiger partial charge in [0.15, 0.2) is 5.05 Å². The average Bonchev–Trinajstić information content (AvgIpc) is 2.72. The Bertz CT molecular complexity index is 1010. The summed E-state index contributed by atoms with van der Waals surface area (Å²) in [7, 11) is -2.54. The SMILES string of the molecule is C=C(OC(=S)C(C)NC(=O)OCc1ccccc1)N(C)S(=O)(=O)c1ccc(C)cc1. The Kier molecular flexibility index (Phi) is 7.96. The second-order valence-corrected chi connectivity index (χ2v) is 8.90. The number of ether oxygens (including phenoxy) is 2. The van der Waals surface area contributed by atoms with Crippen molar-refractivity contribution in [2.75, 3.05) is 7.05 Å². The fourth-order valence-electron chi connectivity index (χ4n) is 2.27. The monoisotopic (exact) mass is 448 g/mol. The van der Waals surface area contributed by atoms with E-state index in [-0.39, 0.29) is 22.4 Å². The van der Waals surface area contributed by atoms with Crippen LogP contribution in [-0.2, 0) is 26.1 Å². The zero-order valence-corrected chi connectivity index (χ0v) is 18.6. The van der Waals surface area contributed by atoms with Crippen molar-refractivity contribution >= 4 is 33.4 Å². The van der Waals surface area contributed by atoms with Crippen LogP contribution in [0.5, 0.6) is 0 Å². The van der Waals surface area contributed by atoms with E-state index in [0.717, 1.165) is 15.4 Å². The summed E-state index contributed by atoms with van der Waals surface area (Å²) >= 11 is 5.15. The van der Waals surface area contributed by atoms with Crippen LogP contribution in [0.15, 0.2) is 72.0 Å². The van der Waals surface area contributed by atoms with E-state index in [1.54, 1.807) is 19.1 Å². The summed E-state index contributed by atoms with van der Waals surface area (Å²) in [6, 6.07) is 14.9. The van der Waals surface area contributed by atoms with Crippen LogP contribution in [0, 0.1) is 6.92 Å². The number of aryl methyl sites for hydroxylation is 1. The molecule has 9 heteroatoms. The fourth-order valence-corrected chi connectivity index (χ4v) is 3.53. The van der Waals surface area contributed by atoms with Gasteiger partial charge in [-0.2, -0.15) is 0 Å². The first kappa shape index (κ1) is 23.4. The van der Waals surface area contributed by atoms with Gasteiger partial charge in [0.2, 0.25) is 5.88 Å². The fraction of sp³-hybridized carbons (Fsp3) is 0.238. The first-order chi connectivity index (χ1) is 14.1. The van der Waals surface area contributed by atoms with Crippen molar-refractivity contribution in [1.82, 2.24) is 9.62 Å². The number of rotatable bonds is 8. The molecule has 0 aliphatic rings. The molecule has 0 radical (unpaired) electrons. The molecule has 0 aromatic heterocycles. The van der Waals surface area contributed by atoms with Crippen LogP contribution in [0.3, 0.4) is 0 Å². The normalized spacial score (nSPS) is 11.8. The molecule has 0 aliphatic carbocycles. The van der Waals surface area contributed by atoms with Crippen molar-refractivity contribution in [1.29, 1.82) is 0 Å². The van der Waals surface area contributed by atoms with E-state index in [1.807, 2.05) is 37.3 Å². The number of alkyl carbamates (subject to hydrolysis) is 1. The Morgan fingerprint density at radius 1 is 1.17 bits per heavy atom.